The Labute approximate surface area is 118 Å². The molecule has 3 rings (SSSR count). The first-order chi connectivity index (χ1) is 9.15. The van der Waals surface area contributed by atoms with E-state index in [1.54, 1.807) is 12.1 Å². The van der Waals surface area contributed by atoms with Gasteiger partial charge in [-0.15, -0.1) is 0 Å². The first-order valence-corrected chi connectivity index (χ1v) is 6.56. The van der Waals surface area contributed by atoms with E-state index < -0.39 is 6.04 Å². The normalized spacial score (nSPS) is 16.9. The maximum Gasteiger partial charge on any atom is 0.251 e. The van der Waals surface area contributed by atoms with Crippen LogP contribution < -0.4 is 10.6 Å². The summed E-state index contributed by atoms with van der Waals surface area (Å²) in [5, 5.41) is 5.71. The second-order valence-corrected chi connectivity index (χ2v) is 5.19. The summed E-state index contributed by atoms with van der Waals surface area (Å²) in [6.07, 6.45) is 0. The van der Waals surface area contributed by atoms with Gasteiger partial charge < -0.3 is 10.6 Å². The number of fused-ring (bicyclic) bond motifs is 1. The van der Waals surface area contributed by atoms with E-state index in [0.717, 1.165) is 15.7 Å². The smallest absolute Gasteiger partial charge is 0.251 e. The van der Waals surface area contributed by atoms with E-state index in [2.05, 4.69) is 26.6 Å². The highest BCUT2D eigenvalue weighted by Crippen LogP contribution is 2.34. The highest BCUT2D eigenvalue weighted by molar-refractivity contribution is 9.10. The van der Waals surface area contributed by atoms with Crippen LogP contribution >= 0.6 is 15.9 Å². The molecule has 0 aromatic heterocycles. The molecule has 1 aliphatic heterocycles. The molecule has 1 heterocycles. The third kappa shape index (κ3) is 2.21. The summed E-state index contributed by atoms with van der Waals surface area (Å²) in [5.41, 5.74) is 1.89. The average molecular weight is 321 g/mol. The van der Waals surface area contributed by atoms with Crippen molar-refractivity contribution in [1.82, 2.24) is 0 Å². The van der Waals surface area contributed by atoms with Crippen molar-refractivity contribution in [3.8, 4) is 0 Å². The van der Waals surface area contributed by atoms with E-state index in [-0.39, 0.29) is 11.7 Å². The largest absolute Gasteiger partial charge is 0.368 e. The minimum atomic E-state index is -0.569. The summed E-state index contributed by atoms with van der Waals surface area (Å²) >= 11 is 3.29. The Morgan fingerprint density at radius 1 is 1.21 bits per heavy atom. The molecule has 3 nitrogen and oxygen atoms in total. The number of rotatable bonds is 2. The SMILES string of the molecule is O=C1Nc2ccccc2C1Nc1cc(Br)ccc1F. The highest BCUT2D eigenvalue weighted by Gasteiger charge is 2.30. The molecule has 0 radical (unpaired) electrons. The van der Waals surface area contributed by atoms with E-state index in [1.807, 2.05) is 24.3 Å². The van der Waals surface area contributed by atoms with Gasteiger partial charge in [0.05, 0.1) is 5.69 Å². The maximum absolute atomic E-state index is 13.7. The lowest BCUT2D eigenvalue weighted by molar-refractivity contribution is -0.116. The van der Waals surface area contributed by atoms with Gasteiger partial charge >= 0.3 is 0 Å². The molecule has 1 aliphatic rings. The Balaban J connectivity index is 1.95. The van der Waals surface area contributed by atoms with Crippen LogP contribution in [0.1, 0.15) is 11.6 Å². The standard InChI is InChI=1S/C14H10BrFN2O/c15-8-5-6-10(16)12(7-8)17-13-9-3-1-2-4-11(9)18-14(13)19/h1-7,13,17H,(H,18,19). The first kappa shape index (κ1) is 12.2. The molecule has 1 atom stereocenters. The molecule has 5 heteroatoms. The zero-order chi connectivity index (χ0) is 13.4. The number of benzene rings is 2. The van der Waals surface area contributed by atoms with Crippen LogP contribution in [-0.2, 0) is 4.79 Å². The number of carbonyl (C=O) groups excluding carboxylic acids is 1. The summed E-state index contributed by atoms with van der Waals surface area (Å²) in [6, 6.07) is 11.4. The molecule has 2 aromatic rings. The van der Waals surface area contributed by atoms with Gasteiger partial charge in [-0.1, -0.05) is 34.1 Å². The summed E-state index contributed by atoms with van der Waals surface area (Å²) in [4.78, 5) is 11.9. The fourth-order valence-corrected chi connectivity index (χ4v) is 2.48. The Morgan fingerprint density at radius 2 is 2.00 bits per heavy atom. The monoisotopic (exact) mass is 320 g/mol. The van der Waals surface area contributed by atoms with E-state index >= 15 is 0 Å². The van der Waals surface area contributed by atoms with Crippen LogP contribution in [-0.4, -0.2) is 5.91 Å². The maximum atomic E-state index is 13.7. The van der Waals surface area contributed by atoms with Gasteiger partial charge in [0, 0.05) is 15.7 Å². The molecule has 2 N–H and O–H groups in total. The first-order valence-electron chi connectivity index (χ1n) is 5.76. The molecule has 0 spiro atoms. The van der Waals surface area contributed by atoms with Crippen molar-refractivity contribution in [2.75, 3.05) is 10.6 Å². The van der Waals surface area contributed by atoms with Gasteiger partial charge in [0.2, 0.25) is 0 Å². The Hall–Kier alpha value is -1.88. The summed E-state index contributed by atoms with van der Waals surface area (Å²) in [7, 11) is 0. The molecule has 0 saturated carbocycles. The number of carbonyl (C=O) groups is 1. The van der Waals surface area contributed by atoms with Crippen molar-refractivity contribution in [1.29, 1.82) is 0 Å². The van der Waals surface area contributed by atoms with Gasteiger partial charge in [-0.3, -0.25) is 4.79 Å². The molecule has 1 amide bonds. The molecule has 0 saturated heterocycles. The lowest BCUT2D eigenvalue weighted by Gasteiger charge is -2.14. The van der Waals surface area contributed by atoms with E-state index in [0.29, 0.717) is 5.69 Å². The molecule has 19 heavy (non-hydrogen) atoms. The summed E-state index contributed by atoms with van der Waals surface area (Å²) in [6.45, 7) is 0. The van der Waals surface area contributed by atoms with Crippen LogP contribution in [0.3, 0.4) is 0 Å². The van der Waals surface area contributed by atoms with Crippen molar-refractivity contribution < 1.29 is 9.18 Å². The topological polar surface area (TPSA) is 41.1 Å². The molecular weight excluding hydrogens is 311 g/mol. The van der Waals surface area contributed by atoms with Gasteiger partial charge in [0.15, 0.2) is 0 Å². The van der Waals surface area contributed by atoms with Crippen LogP contribution in [0.15, 0.2) is 46.9 Å². The molecule has 2 aromatic carbocycles. The molecule has 1 unspecified atom stereocenters. The number of anilines is 2. The Kier molecular flexibility index (Phi) is 2.98. The minimum Gasteiger partial charge on any atom is -0.368 e. The zero-order valence-electron chi connectivity index (χ0n) is 9.78. The van der Waals surface area contributed by atoms with Gasteiger partial charge in [-0.05, 0) is 24.3 Å². The lowest BCUT2D eigenvalue weighted by Crippen LogP contribution is -2.20. The number of nitrogens with one attached hydrogen (secondary N) is 2. The zero-order valence-corrected chi connectivity index (χ0v) is 11.4. The van der Waals surface area contributed by atoms with Crippen LogP contribution in [0.25, 0.3) is 0 Å². The van der Waals surface area contributed by atoms with Crippen molar-refractivity contribution in [2.24, 2.45) is 0 Å². The molecule has 0 fully saturated rings. The van der Waals surface area contributed by atoms with Crippen molar-refractivity contribution >= 4 is 33.2 Å². The van der Waals surface area contributed by atoms with E-state index in [9.17, 15) is 9.18 Å². The number of hydrogen-bond acceptors (Lipinski definition) is 2. The minimum absolute atomic E-state index is 0.180. The lowest BCUT2D eigenvalue weighted by atomic mass is 10.1. The third-order valence-corrected chi connectivity index (χ3v) is 3.51. The fraction of sp³-hybridized carbons (Fsp3) is 0.0714. The van der Waals surface area contributed by atoms with E-state index in [4.69, 9.17) is 0 Å². The molecule has 0 bridgehead atoms. The van der Waals surface area contributed by atoms with Gasteiger partial charge in [-0.25, -0.2) is 4.39 Å². The van der Waals surface area contributed by atoms with E-state index in [1.165, 1.54) is 6.07 Å². The Morgan fingerprint density at radius 3 is 2.84 bits per heavy atom. The average Bonchev–Trinajstić information content (AvgIpc) is 2.71. The number of halogens is 2. The predicted molar refractivity (Wildman–Crippen MR) is 75.5 cm³/mol. The number of amides is 1. The third-order valence-electron chi connectivity index (χ3n) is 3.02. The van der Waals surface area contributed by atoms with Crippen LogP contribution in [0, 0.1) is 5.82 Å². The van der Waals surface area contributed by atoms with Gasteiger partial charge in [0.25, 0.3) is 5.91 Å². The van der Waals surface area contributed by atoms with Crippen LogP contribution in [0.5, 0.6) is 0 Å². The highest BCUT2D eigenvalue weighted by atomic mass is 79.9. The van der Waals surface area contributed by atoms with Gasteiger partial charge in [-0.2, -0.15) is 0 Å². The predicted octanol–water partition coefficient (Wildman–Crippen LogP) is 3.69. The quantitative estimate of drug-likeness (QED) is 0.886. The van der Waals surface area contributed by atoms with Gasteiger partial charge in [0.1, 0.15) is 11.9 Å². The van der Waals surface area contributed by atoms with Crippen molar-refractivity contribution in [3.63, 3.8) is 0 Å². The number of para-hydroxylation sites is 1. The van der Waals surface area contributed by atoms with Crippen LogP contribution in [0.4, 0.5) is 15.8 Å². The molecule has 0 aliphatic carbocycles. The second-order valence-electron chi connectivity index (χ2n) is 4.28. The number of hydrogen-bond donors (Lipinski definition) is 2. The molecule has 96 valence electrons. The van der Waals surface area contributed by atoms with Crippen molar-refractivity contribution in [2.45, 2.75) is 6.04 Å². The molecular formula is C14H10BrFN2O. The summed E-state index contributed by atoms with van der Waals surface area (Å²) in [5.74, 6) is -0.569. The Bertz CT molecular complexity index is 660. The second kappa shape index (κ2) is 4.66. The summed E-state index contributed by atoms with van der Waals surface area (Å²) < 4.78 is 14.5. The van der Waals surface area contributed by atoms with Crippen molar-refractivity contribution in [3.05, 3.63) is 58.3 Å². The fourth-order valence-electron chi connectivity index (χ4n) is 2.12. The van der Waals surface area contributed by atoms with Crippen LogP contribution in [0.2, 0.25) is 0 Å².